The number of rotatable bonds is 3. The summed E-state index contributed by atoms with van der Waals surface area (Å²) in [4.78, 5) is 16.2. The van der Waals surface area contributed by atoms with Crippen molar-refractivity contribution in [3.05, 3.63) is 71.1 Å². The van der Waals surface area contributed by atoms with Crippen LogP contribution in [0.5, 0.6) is 0 Å². The molecule has 0 unspecified atom stereocenters. The summed E-state index contributed by atoms with van der Waals surface area (Å²) in [7, 11) is 0. The highest BCUT2D eigenvalue weighted by atomic mass is 16.1. The fourth-order valence-corrected chi connectivity index (χ4v) is 2.63. The first-order chi connectivity index (χ1) is 9.83. The standard InChI is InChI=1S/C18H17NO/c20-18(8-5-14-9-11-19-12-10-14)17-7-6-15-3-1-2-4-16(15)13-17/h5-13H,1-4H2/b8-5+. The zero-order chi connectivity index (χ0) is 13.8. The maximum atomic E-state index is 12.2. The molecule has 100 valence electrons. The van der Waals surface area contributed by atoms with Gasteiger partial charge in [0.1, 0.15) is 0 Å². The number of allylic oxidation sites excluding steroid dienone is 1. The Morgan fingerprint density at radius 2 is 1.75 bits per heavy atom. The highest BCUT2D eigenvalue weighted by molar-refractivity contribution is 6.06. The van der Waals surface area contributed by atoms with Crippen molar-refractivity contribution < 1.29 is 4.79 Å². The third-order valence-corrected chi connectivity index (χ3v) is 3.77. The van der Waals surface area contributed by atoms with Crippen molar-refractivity contribution >= 4 is 11.9 Å². The molecule has 0 radical (unpaired) electrons. The molecule has 0 aliphatic heterocycles. The maximum Gasteiger partial charge on any atom is 0.185 e. The van der Waals surface area contributed by atoms with Crippen molar-refractivity contribution in [1.29, 1.82) is 0 Å². The van der Waals surface area contributed by atoms with Crippen molar-refractivity contribution in [3.8, 4) is 0 Å². The second-order valence-corrected chi connectivity index (χ2v) is 5.17. The van der Waals surface area contributed by atoms with Crippen LogP contribution in [0.1, 0.15) is 39.9 Å². The predicted octanol–water partition coefficient (Wildman–Crippen LogP) is 3.86. The first-order valence-electron chi connectivity index (χ1n) is 7.07. The van der Waals surface area contributed by atoms with Crippen molar-refractivity contribution in [3.63, 3.8) is 0 Å². The normalized spacial score (nSPS) is 14.2. The van der Waals surface area contributed by atoms with E-state index in [1.165, 1.54) is 24.0 Å². The highest BCUT2D eigenvalue weighted by Crippen LogP contribution is 2.22. The Labute approximate surface area is 119 Å². The summed E-state index contributed by atoms with van der Waals surface area (Å²) in [5, 5.41) is 0. The van der Waals surface area contributed by atoms with E-state index in [-0.39, 0.29) is 5.78 Å². The molecule has 3 rings (SSSR count). The second kappa shape index (κ2) is 5.83. The van der Waals surface area contributed by atoms with Gasteiger partial charge in [-0.2, -0.15) is 0 Å². The average molecular weight is 263 g/mol. The van der Waals surface area contributed by atoms with Crippen molar-refractivity contribution in [2.75, 3.05) is 0 Å². The van der Waals surface area contributed by atoms with E-state index in [1.807, 2.05) is 24.3 Å². The molecule has 0 atom stereocenters. The Balaban J connectivity index is 1.79. The van der Waals surface area contributed by atoms with Crippen LogP contribution in [0.4, 0.5) is 0 Å². The minimum atomic E-state index is 0.0650. The van der Waals surface area contributed by atoms with Gasteiger partial charge in [-0.1, -0.05) is 18.2 Å². The number of fused-ring (bicyclic) bond motifs is 1. The van der Waals surface area contributed by atoms with Gasteiger partial charge < -0.3 is 0 Å². The van der Waals surface area contributed by atoms with Crippen LogP contribution < -0.4 is 0 Å². The fraction of sp³-hybridized carbons (Fsp3) is 0.222. The minimum Gasteiger partial charge on any atom is -0.289 e. The minimum absolute atomic E-state index is 0.0650. The zero-order valence-electron chi connectivity index (χ0n) is 11.4. The highest BCUT2D eigenvalue weighted by Gasteiger charge is 2.11. The van der Waals surface area contributed by atoms with Crippen LogP contribution in [0.15, 0.2) is 48.8 Å². The van der Waals surface area contributed by atoms with E-state index >= 15 is 0 Å². The molecule has 2 nitrogen and oxygen atoms in total. The third kappa shape index (κ3) is 2.85. The third-order valence-electron chi connectivity index (χ3n) is 3.77. The molecule has 0 spiro atoms. The van der Waals surface area contributed by atoms with Gasteiger partial charge in [0.2, 0.25) is 0 Å². The van der Waals surface area contributed by atoms with Gasteiger partial charge >= 0.3 is 0 Å². The van der Waals surface area contributed by atoms with Crippen LogP contribution in [0, 0.1) is 0 Å². The van der Waals surface area contributed by atoms with Gasteiger partial charge in [-0.25, -0.2) is 0 Å². The summed E-state index contributed by atoms with van der Waals surface area (Å²) < 4.78 is 0. The lowest BCUT2D eigenvalue weighted by Gasteiger charge is -2.15. The number of benzene rings is 1. The molecule has 20 heavy (non-hydrogen) atoms. The largest absolute Gasteiger partial charge is 0.289 e. The molecule has 1 aromatic carbocycles. The molecule has 1 aliphatic carbocycles. The van der Waals surface area contributed by atoms with Gasteiger partial charge in [-0.3, -0.25) is 9.78 Å². The fourth-order valence-electron chi connectivity index (χ4n) is 2.63. The monoisotopic (exact) mass is 263 g/mol. The second-order valence-electron chi connectivity index (χ2n) is 5.17. The molecule has 1 heterocycles. The van der Waals surface area contributed by atoms with Gasteiger partial charge in [0, 0.05) is 18.0 Å². The molecule has 0 bridgehead atoms. The lowest BCUT2D eigenvalue weighted by atomic mass is 9.90. The van der Waals surface area contributed by atoms with Crippen LogP contribution in [-0.4, -0.2) is 10.8 Å². The lowest BCUT2D eigenvalue weighted by Crippen LogP contribution is -2.05. The van der Waals surface area contributed by atoms with Gasteiger partial charge in [0.25, 0.3) is 0 Å². The topological polar surface area (TPSA) is 30.0 Å². The Morgan fingerprint density at radius 1 is 1.00 bits per heavy atom. The molecule has 1 aromatic heterocycles. The van der Waals surface area contributed by atoms with Gasteiger partial charge in [-0.05, 0) is 66.6 Å². The predicted molar refractivity (Wildman–Crippen MR) is 80.7 cm³/mol. The molecule has 0 saturated heterocycles. The van der Waals surface area contributed by atoms with Crippen LogP contribution in [-0.2, 0) is 12.8 Å². The quantitative estimate of drug-likeness (QED) is 0.621. The number of hydrogen-bond donors (Lipinski definition) is 0. The Bertz CT molecular complexity index is 644. The molecule has 1 aliphatic rings. The molecular formula is C18H17NO. The van der Waals surface area contributed by atoms with Crippen LogP contribution >= 0.6 is 0 Å². The first kappa shape index (κ1) is 12.8. The number of nitrogens with zero attached hydrogens (tertiary/aromatic N) is 1. The van der Waals surface area contributed by atoms with Gasteiger partial charge in [0.05, 0.1) is 0 Å². The van der Waals surface area contributed by atoms with Crippen LogP contribution in [0.2, 0.25) is 0 Å². The van der Waals surface area contributed by atoms with E-state index in [4.69, 9.17) is 0 Å². The molecule has 2 heteroatoms. The van der Waals surface area contributed by atoms with Crippen LogP contribution in [0.25, 0.3) is 6.08 Å². The van der Waals surface area contributed by atoms with E-state index in [0.29, 0.717) is 0 Å². The summed E-state index contributed by atoms with van der Waals surface area (Å²) in [6, 6.07) is 9.90. The van der Waals surface area contributed by atoms with E-state index < -0.39 is 0 Å². The number of pyridine rings is 1. The number of aromatic nitrogens is 1. The van der Waals surface area contributed by atoms with Crippen molar-refractivity contribution in [1.82, 2.24) is 4.98 Å². The van der Waals surface area contributed by atoms with E-state index in [0.717, 1.165) is 24.0 Å². The average Bonchev–Trinajstić information content (AvgIpc) is 2.53. The molecule has 0 amide bonds. The number of hydrogen-bond acceptors (Lipinski definition) is 2. The zero-order valence-corrected chi connectivity index (χ0v) is 11.4. The van der Waals surface area contributed by atoms with Crippen molar-refractivity contribution in [2.24, 2.45) is 0 Å². The number of carbonyl (C=O) groups excluding carboxylic acids is 1. The maximum absolute atomic E-state index is 12.2. The van der Waals surface area contributed by atoms with E-state index in [2.05, 4.69) is 17.1 Å². The van der Waals surface area contributed by atoms with E-state index in [9.17, 15) is 4.79 Å². The van der Waals surface area contributed by atoms with Crippen LogP contribution in [0.3, 0.4) is 0 Å². The number of aryl methyl sites for hydroxylation is 2. The molecule has 0 N–H and O–H groups in total. The number of carbonyl (C=O) groups is 1. The van der Waals surface area contributed by atoms with Gasteiger partial charge in [0.15, 0.2) is 5.78 Å². The molecule has 0 fully saturated rings. The summed E-state index contributed by atoms with van der Waals surface area (Å²) in [6.07, 6.45) is 11.7. The summed E-state index contributed by atoms with van der Waals surface area (Å²) in [5.74, 6) is 0.0650. The summed E-state index contributed by atoms with van der Waals surface area (Å²) >= 11 is 0. The molecule has 0 saturated carbocycles. The Hall–Kier alpha value is -2.22. The lowest BCUT2D eigenvalue weighted by molar-refractivity contribution is 0.104. The smallest absolute Gasteiger partial charge is 0.185 e. The summed E-state index contributed by atoms with van der Waals surface area (Å²) in [5.41, 5.74) is 4.53. The molecular weight excluding hydrogens is 246 g/mol. The van der Waals surface area contributed by atoms with Gasteiger partial charge in [-0.15, -0.1) is 0 Å². The summed E-state index contributed by atoms with van der Waals surface area (Å²) in [6.45, 7) is 0. The SMILES string of the molecule is O=C(/C=C/c1ccncc1)c1ccc2c(c1)CCCC2. The van der Waals surface area contributed by atoms with Crippen molar-refractivity contribution in [2.45, 2.75) is 25.7 Å². The number of ketones is 1. The Morgan fingerprint density at radius 3 is 2.55 bits per heavy atom. The Kier molecular flexibility index (Phi) is 3.73. The van der Waals surface area contributed by atoms with E-state index in [1.54, 1.807) is 18.5 Å². The molecule has 2 aromatic rings. The first-order valence-corrected chi connectivity index (χ1v) is 7.07.